The maximum absolute atomic E-state index is 12.7. The van der Waals surface area contributed by atoms with E-state index < -0.39 is 17.7 Å². The molecular formula is C18H11BrF3NO2S. The number of carbonyl (C=O) groups is 1. The third kappa shape index (κ3) is 4.13. The number of carboxylic acid groups (broad SMARTS) is 1. The molecule has 8 heteroatoms. The predicted molar refractivity (Wildman–Crippen MR) is 96.5 cm³/mol. The first-order chi connectivity index (χ1) is 12.2. The Hall–Kier alpha value is -2.19. The van der Waals surface area contributed by atoms with E-state index in [0.29, 0.717) is 22.7 Å². The summed E-state index contributed by atoms with van der Waals surface area (Å²) >= 11 is 4.29. The van der Waals surface area contributed by atoms with Crippen LogP contribution in [0.4, 0.5) is 13.2 Å². The van der Waals surface area contributed by atoms with Crippen LogP contribution in [0.15, 0.2) is 53.0 Å². The topological polar surface area (TPSA) is 50.2 Å². The fourth-order valence-electron chi connectivity index (χ4n) is 2.36. The van der Waals surface area contributed by atoms with Crippen molar-refractivity contribution < 1.29 is 23.1 Å². The highest BCUT2D eigenvalue weighted by molar-refractivity contribution is 9.10. The van der Waals surface area contributed by atoms with Crippen molar-refractivity contribution in [1.82, 2.24) is 4.98 Å². The Morgan fingerprint density at radius 1 is 1.08 bits per heavy atom. The van der Waals surface area contributed by atoms with Crippen molar-refractivity contribution in [3.63, 3.8) is 0 Å². The second-order valence-corrected chi connectivity index (χ2v) is 7.39. The minimum absolute atomic E-state index is 0.0859. The molecule has 1 aromatic heterocycles. The zero-order chi connectivity index (χ0) is 18.9. The molecule has 3 aromatic rings. The molecule has 0 amide bonds. The van der Waals surface area contributed by atoms with Gasteiger partial charge in [-0.2, -0.15) is 13.2 Å². The Morgan fingerprint density at radius 3 is 2.23 bits per heavy atom. The molecule has 0 atom stereocenters. The van der Waals surface area contributed by atoms with Crippen LogP contribution < -0.4 is 0 Å². The molecule has 26 heavy (non-hydrogen) atoms. The SMILES string of the molecule is O=C(O)c1sc(-c2ccc(C(F)(F)F)cc2)nc1Cc1ccc(Br)cc1. The monoisotopic (exact) mass is 441 g/mol. The van der Waals surface area contributed by atoms with E-state index in [4.69, 9.17) is 0 Å². The number of thiazole rings is 1. The van der Waals surface area contributed by atoms with Crippen LogP contribution >= 0.6 is 27.3 Å². The molecular weight excluding hydrogens is 431 g/mol. The van der Waals surface area contributed by atoms with E-state index in [1.807, 2.05) is 24.3 Å². The first kappa shape index (κ1) is 18.6. The summed E-state index contributed by atoms with van der Waals surface area (Å²) in [5.41, 5.74) is 0.971. The summed E-state index contributed by atoms with van der Waals surface area (Å²) in [5.74, 6) is -1.10. The van der Waals surface area contributed by atoms with Crippen molar-refractivity contribution in [1.29, 1.82) is 0 Å². The van der Waals surface area contributed by atoms with E-state index >= 15 is 0 Å². The molecule has 0 spiro atoms. The minimum Gasteiger partial charge on any atom is -0.477 e. The molecule has 2 aromatic carbocycles. The number of nitrogens with zero attached hydrogens (tertiary/aromatic N) is 1. The van der Waals surface area contributed by atoms with Crippen LogP contribution in [0, 0.1) is 0 Å². The fraction of sp³-hybridized carbons (Fsp3) is 0.111. The van der Waals surface area contributed by atoms with Gasteiger partial charge in [0.1, 0.15) is 9.88 Å². The van der Waals surface area contributed by atoms with Crippen molar-refractivity contribution in [2.75, 3.05) is 0 Å². The number of hydrogen-bond donors (Lipinski definition) is 1. The van der Waals surface area contributed by atoms with Gasteiger partial charge in [-0.3, -0.25) is 0 Å². The third-order valence-corrected chi connectivity index (χ3v) is 5.30. The van der Waals surface area contributed by atoms with Crippen molar-refractivity contribution in [3.05, 3.63) is 74.7 Å². The van der Waals surface area contributed by atoms with Crippen molar-refractivity contribution in [2.45, 2.75) is 12.6 Å². The van der Waals surface area contributed by atoms with Gasteiger partial charge in [0.2, 0.25) is 0 Å². The molecule has 0 saturated heterocycles. The summed E-state index contributed by atoms with van der Waals surface area (Å²) < 4.78 is 38.9. The van der Waals surface area contributed by atoms with Crippen molar-refractivity contribution >= 4 is 33.2 Å². The maximum Gasteiger partial charge on any atom is 0.416 e. The highest BCUT2D eigenvalue weighted by atomic mass is 79.9. The van der Waals surface area contributed by atoms with Gasteiger partial charge in [-0.15, -0.1) is 11.3 Å². The molecule has 3 nitrogen and oxygen atoms in total. The lowest BCUT2D eigenvalue weighted by Gasteiger charge is -2.06. The summed E-state index contributed by atoms with van der Waals surface area (Å²) in [5, 5.41) is 9.79. The van der Waals surface area contributed by atoms with Gasteiger partial charge in [0.25, 0.3) is 0 Å². The molecule has 1 heterocycles. The Morgan fingerprint density at radius 2 is 1.69 bits per heavy atom. The average molecular weight is 442 g/mol. The first-order valence-corrected chi connectivity index (χ1v) is 9.00. The zero-order valence-corrected chi connectivity index (χ0v) is 15.5. The van der Waals surface area contributed by atoms with Crippen LogP contribution in [0.2, 0.25) is 0 Å². The van der Waals surface area contributed by atoms with Crippen LogP contribution in [0.3, 0.4) is 0 Å². The second kappa shape index (κ2) is 7.20. The highest BCUT2D eigenvalue weighted by Gasteiger charge is 2.30. The van der Waals surface area contributed by atoms with E-state index in [9.17, 15) is 23.1 Å². The largest absolute Gasteiger partial charge is 0.477 e. The van der Waals surface area contributed by atoms with Crippen LogP contribution in [0.1, 0.15) is 26.5 Å². The van der Waals surface area contributed by atoms with E-state index in [1.165, 1.54) is 12.1 Å². The Kier molecular flexibility index (Phi) is 5.15. The fourth-order valence-corrected chi connectivity index (χ4v) is 3.55. The average Bonchev–Trinajstić information content (AvgIpc) is 3.00. The second-order valence-electron chi connectivity index (χ2n) is 5.48. The Labute approximate surface area is 159 Å². The maximum atomic E-state index is 12.7. The molecule has 0 saturated carbocycles. The molecule has 0 radical (unpaired) electrons. The Balaban J connectivity index is 1.94. The van der Waals surface area contributed by atoms with Gasteiger partial charge < -0.3 is 5.11 Å². The van der Waals surface area contributed by atoms with Crippen molar-refractivity contribution in [3.8, 4) is 10.6 Å². The number of aromatic carboxylic acids is 1. The normalized spacial score (nSPS) is 11.5. The first-order valence-electron chi connectivity index (χ1n) is 7.39. The standard InChI is InChI=1S/C18H11BrF3NO2S/c19-13-7-1-10(2-8-13)9-14-15(17(24)25)26-16(23-14)11-3-5-12(6-4-11)18(20,21)22/h1-8H,9H2,(H,24,25). The number of rotatable bonds is 4. The lowest BCUT2D eigenvalue weighted by Crippen LogP contribution is -2.03. The van der Waals surface area contributed by atoms with E-state index in [1.54, 1.807) is 0 Å². The molecule has 1 N–H and O–H groups in total. The molecule has 134 valence electrons. The number of hydrogen-bond acceptors (Lipinski definition) is 3. The molecule has 0 aliphatic heterocycles. The van der Waals surface area contributed by atoms with Crippen molar-refractivity contribution in [2.24, 2.45) is 0 Å². The number of carboxylic acids is 1. The van der Waals surface area contributed by atoms with E-state index in [2.05, 4.69) is 20.9 Å². The number of alkyl halides is 3. The van der Waals surface area contributed by atoms with Gasteiger partial charge in [0.15, 0.2) is 0 Å². The summed E-state index contributed by atoms with van der Waals surface area (Å²) in [7, 11) is 0. The highest BCUT2D eigenvalue weighted by Crippen LogP contribution is 2.33. The Bertz CT molecular complexity index is 935. The van der Waals surface area contributed by atoms with Gasteiger partial charge in [0, 0.05) is 16.5 Å². The molecule has 0 unspecified atom stereocenters. The quantitative estimate of drug-likeness (QED) is 0.549. The third-order valence-electron chi connectivity index (χ3n) is 3.64. The van der Waals surface area contributed by atoms with Crippen LogP contribution in [0.5, 0.6) is 0 Å². The predicted octanol–water partition coefficient (Wildman–Crippen LogP) is 5.88. The van der Waals surface area contributed by atoms with Gasteiger partial charge in [-0.1, -0.05) is 40.2 Å². The number of benzene rings is 2. The van der Waals surface area contributed by atoms with Gasteiger partial charge in [-0.25, -0.2) is 9.78 Å². The smallest absolute Gasteiger partial charge is 0.416 e. The minimum atomic E-state index is -4.42. The lowest BCUT2D eigenvalue weighted by atomic mass is 10.1. The molecule has 0 fully saturated rings. The van der Waals surface area contributed by atoms with Gasteiger partial charge in [0.05, 0.1) is 11.3 Å². The van der Waals surface area contributed by atoms with Gasteiger partial charge >= 0.3 is 12.1 Å². The molecule has 0 bridgehead atoms. The van der Waals surface area contributed by atoms with Gasteiger partial charge in [-0.05, 0) is 29.8 Å². The summed E-state index contributed by atoms with van der Waals surface area (Å²) in [6.07, 6.45) is -4.09. The zero-order valence-electron chi connectivity index (χ0n) is 13.0. The molecule has 0 aliphatic carbocycles. The van der Waals surface area contributed by atoms with Crippen LogP contribution in [-0.2, 0) is 12.6 Å². The summed E-state index contributed by atoms with van der Waals surface area (Å²) in [6, 6.07) is 11.9. The summed E-state index contributed by atoms with van der Waals surface area (Å²) in [4.78, 5) is 16.0. The molecule has 0 aliphatic rings. The van der Waals surface area contributed by atoms with Crippen LogP contribution in [0.25, 0.3) is 10.6 Å². The van der Waals surface area contributed by atoms with E-state index in [-0.39, 0.29) is 4.88 Å². The number of halogens is 4. The lowest BCUT2D eigenvalue weighted by molar-refractivity contribution is -0.137. The molecule has 3 rings (SSSR count). The number of aromatic nitrogens is 1. The van der Waals surface area contributed by atoms with E-state index in [0.717, 1.165) is 33.5 Å². The summed E-state index contributed by atoms with van der Waals surface area (Å²) in [6.45, 7) is 0. The van der Waals surface area contributed by atoms with Crippen LogP contribution in [-0.4, -0.2) is 16.1 Å².